The molecule has 2 unspecified atom stereocenters. The van der Waals surface area contributed by atoms with Crippen molar-refractivity contribution in [1.82, 2.24) is 4.90 Å². The molecular weight excluding hydrogens is 242 g/mol. The van der Waals surface area contributed by atoms with E-state index in [0.717, 1.165) is 31.5 Å². The third kappa shape index (κ3) is 3.39. The average Bonchev–Trinajstić information content (AvgIpc) is 2.41. The lowest BCUT2D eigenvalue weighted by molar-refractivity contribution is 0.0771. The average molecular weight is 265 g/mol. The minimum Gasteiger partial charge on any atom is -0.504 e. The van der Waals surface area contributed by atoms with Gasteiger partial charge in [-0.2, -0.15) is 0 Å². The number of aromatic hydroxyl groups is 1. The summed E-state index contributed by atoms with van der Waals surface area (Å²) in [5.74, 6) is 1.06. The second-order valence-electron chi connectivity index (χ2n) is 5.41. The standard InChI is InChI=1S/C15H23NO3/c1-11-3-4-13(10-17)9-16(11)8-12-5-6-15(19-2)14(18)7-12/h5-7,11,13,17-18H,3-4,8-10H2,1-2H3. The molecule has 19 heavy (non-hydrogen) atoms. The smallest absolute Gasteiger partial charge is 0.160 e. The number of hydrogen-bond acceptors (Lipinski definition) is 4. The fourth-order valence-electron chi connectivity index (χ4n) is 2.70. The molecule has 1 aliphatic rings. The van der Waals surface area contributed by atoms with Crippen molar-refractivity contribution in [3.05, 3.63) is 23.8 Å². The number of rotatable bonds is 4. The molecule has 2 rings (SSSR count). The van der Waals surface area contributed by atoms with Crippen molar-refractivity contribution in [1.29, 1.82) is 0 Å². The van der Waals surface area contributed by atoms with Gasteiger partial charge in [0.1, 0.15) is 0 Å². The number of phenolic OH excluding ortho intramolecular Hbond substituents is 1. The molecule has 1 fully saturated rings. The second-order valence-corrected chi connectivity index (χ2v) is 5.41. The van der Waals surface area contributed by atoms with Crippen LogP contribution in [0.25, 0.3) is 0 Å². The van der Waals surface area contributed by atoms with Crippen molar-refractivity contribution in [2.45, 2.75) is 32.4 Å². The highest BCUT2D eigenvalue weighted by Crippen LogP contribution is 2.28. The summed E-state index contributed by atoms with van der Waals surface area (Å²) in [5.41, 5.74) is 1.07. The van der Waals surface area contributed by atoms with Crippen LogP contribution >= 0.6 is 0 Å². The van der Waals surface area contributed by atoms with Crippen molar-refractivity contribution in [3.8, 4) is 11.5 Å². The molecular formula is C15H23NO3. The van der Waals surface area contributed by atoms with Gasteiger partial charge in [-0.15, -0.1) is 0 Å². The third-order valence-corrected chi connectivity index (χ3v) is 4.00. The van der Waals surface area contributed by atoms with E-state index in [1.54, 1.807) is 19.2 Å². The maximum absolute atomic E-state index is 9.80. The van der Waals surface area contributed by atoms with Gasteiger partial charge in [-0.1, -0.05) is 6.07 Å². The van der Waals surface area contributed by atoms with Crippen molar-refractivity contribution in [3.63, 3.8) is 0 Å². The zero-order chi connectivity index (χ0) is 13.8. The Morgan fingerprint density at radius 1 is 1.37 bits per heavy atom. The number of aliphatic hydroxyl groups excluding tert-OH is 1. The van der Waals surface area contributed by atoms with E-state index in [2.05, 4.69) is 11.8 Å². The maximum atomic E-state index is 9.80. The Morgan fingerprint density at radius 2 is 2.16 bits per heavy atom. The Kier molecular flexibility index (Phi) is 4.66. The molecule has 0 spiro atoms. The van der Waals surface area contributed by atoms with E-state index in [1.807, 2.05) is 6.07 Å². The van der Waals surface area contributed by atoms with Gasteiger partial charge in [0.05, 0.1) is 7.11 Å². The molecule has 1 aromatic carbocycles. The summed E-state index contributed by atoms with van der Waals surface area (Å²) in [5, 5.41) is 19.1. The van der Waals surface area contributed by atoms with E-state index in [1.165, 1.54) is 0 Å². The van der Waals surface area contributed by atoms with Crippen LogP contribution in [0, 0.1) is 5.92 Å². The molecule has 106 valence electrons. The number of benzene rings is 1. The first-order valence-corrected chi connectivity index (χ1v) is 6.84. The van der Waals surface area contributed by atoms with Crippen molar-refractivity contribution >= 4 is 0 Å². The maximum Gasteiger partial charge on any atom is 0.160 e. The monoisotopic (exact) mass is 265 g/mol. The minimum atomic E-state index is 0.184. The molecule has 0 aromatic heterocycles. The van der Waals surface area contributed by atoms with Crippen LogP contribution in [0.2, 0.25) is 0 Å². The molecule has 1 heterocycles. The van der Waals surface area contributed by atoms with Gasteiger partial charge in [-0.3, -0.25) is 4.90 Å². The van der Waals surface area contributed by atoms with Crippen LogP contribution in [0.3, 0.4) is 0 Å². The predicted molar refractivity (Wildman–Crippen MR) is 74.3 cm³/mol. The van der Waals surface area contributed by atoms with Gasteiger partial charge in [0.25, 0.3) is 0 Å². The molecule has 1 aliphatic heterocycles. The van der Waals surface area contributed by atoms with E-state index in [-0.39, 0.29) is 12.4 Å². The van der Waals surface area contributed by atoms with E-state index in [9.17, 15) is 10.2 Å². The molecule has 2 N–H and O–H groups in total. The van der Waals surface area contributed by atoms with Crippen LogP contribution < -0.4 is 4.74 Å². The molecule has 1 saturated heterocycles. The zero-order valence-electron chi connectivity index (χ0n) is 11.7. The fraction of sp³-hybridized carbons (Fsp3) is 0.600. The topological polar surface area (TPSA) is 52.9 Å². The van der Waals surface area contributed by atoms with Crippen LogP contribution in [-0.2, 0) is 6.54 Å². The summed E-state index contributed by atoms with van der Waals surface area (Å²) in [6.45, 7) is 4.20. The van der Waals surface area contributed by atoms with Crippen molar-refractivity contribution < 1.29 is 14.9 Å². The number of likely N-dealkylation sites (tertiary alicyclic amines) is 1. The minimum absolute atomic E-state index is 0.184. The molecule has 1 aromatic rings. The Morgan fingerprint density at radius 3 is 2.79 bits per heavy atom. The quantitative estimate of drug-likeness (QED) is 0.874. The van der Waals surface area contributed by atoms with Gasteiger partial charge in [-0.05, 0) is 43.4 Å². The molecule has 4 nitrogen and oxygen atoms in total. The molecule has 0 amide bonds. The molecule has 0 radical (unpaired) electrons. The first-order chi connectivity index (χ1) is 9.13. The Labute approximate surface area is 114 Å². The molecule has 4 heteroatoms. The first-order valence-electron chi connectivity index (χ1n) is 6.84. The SMILES string of the molecule is COc1ccc(CN2CC(CO)CCC2C)cc1O. The van der Waals surface area contributed by atoms with E-state index in [0.29, 0.717) is 17.7 Å². The summed E-state index contributed by atoms with van der Waals surface area (Å²) < 4.78 is 5.05. The van der Waals surface area contributed by atoms with Gasteiger partial charge in [-0.25, -0.2) is 0 Å². The fourth-order valence-corrected chi connectivity index (χ4v) is 2.70. The number of phenols is 1. The lowest BCUT2D eigenvalue weighted by Gasteiger charge is -2.37. The summed E-state index contributed by atoms with van der Waals surface area (Å²) >= 11 is 0. The first kappa shape index (κ1) is 14.2. The molecule has 0 bridgehead atoms. The number of hydrogen-bond donors (Lipinski definition) is 2. The summed E-state index contributed by atoms with van der Waals surface area (Å²) in [4.78, 5) is 2.37. The van der Waals surface area contributed by atoms with Gasteiger partial charge in [0.2, 0.25) is 0 Å². The summed E-state index contributed by atoms with van der Waals surface area (Å²) in [6.07, 6.45) is 2.22. The van der Waals surface area contributed by atoms with Crippen LogP contribution in [0.5, 0.6) is 11.5 Å². The van der Waals surface area contributed by atoms with Gasteiger partial charge < -0.3 is 14.9 Å². The Hall–Kier alpha value is -1.26. The number of methoxy groups -OCH3 is 1. The van der Waals surface area contributed by atoms with Gasteiger partial charge in [0.15, 0.2) is 11.5 Å². The van der Waals surface area contributed by atoms with Gasteiger partial charge in [0, 0.05) is 25.7 Å². The van der Waals surface area contributed by atoms with Crippen LogP contribution in [0.15, 0.2) is 18.2 Å². The number of ether oxygens (including phenoxy) is 1. The summed E-state index contributed by atoms with van der Waals surface area (Å²) in [6, 6.07) is 6.05. The van der Waals surface area contributed by atoms with Gasteiger partial charge >= 0.3 is 0 Å². The number of aliphatic hydroxyl groups is 1. The molecule has 0 saturated carbocycles. The van der Waals surface area contributed by atoms with Crippen molar-refractivity contribution in [2.24, 2.45) is 5.92 Å². The number of nitrogens with zero attached hydrogens (tertiary/aromatic N) is 1. The third-order valence-electron chi connectivity index (χ3n) is 4.00. The Balaban J connectivity index is 2.05. The second kappa shape index (κ2) is 6.26. The largest absolute Gasteiger partial charge is 0.504 e. The summed E-state index contributed by atoms with van der Waals surface area (Å²) in [7, 11) is 1.55. The van der Waals surface area contributed by atoms with Crippen molar-refractivity contribution in [2.75, 3.05) is 20.3 Å². The lowest BCUT2D eigenvalue weighted by atomic mass is 9.93. The Bertz CT molecular complexity index is 422. The number of piperidine rings is 1. The highest BCUT2D eigenvalue weighted by Gasteiger charge is 2.24. The van der Waals surface area contributed by atoms with Crippen LogP contribution in [0.4, 0.5) is 0 Å². The predicted octanol–water partition coefficient (Wildman–Crippen LogP) is 1.99. The van der Waals surface area contributed by atoms with E-state index < -0.39 is 0 Å². The zero-order valence-corrected chi connectivity index (χ0v) is 11.7. The molecule has 0 aliphatic carbocycles. The normalized spacial score (nSPS) is 24.4. The highest BCUT2D eigenvalue weighted by atomic mass is 16.5. The highest BCUT2D eigenvalue weighted by molar-refractivity contribution is 5.41. The van der Waals surface area contributed by atoms with E-state index in [4.69, 9.17) is 4.74 Å². The van der Waals surface area contributed by atoms with Crippen LogP contribution in [-0.4, -0.2) is 41.4 Å². The lowest BCUT2D eigenvalue weighted by Crippen LogP contribution is -2.42. The van der Waals surface area contributed by atoms with Crippen LogP contribution in [0.1, 0.15) is 25.3 Å². The molecule has 2 atom stereocenters. The van der Waals surface area contributed by atoms with E-state index >= 15 is 0 Å².